The molecule has 3 heterocycles. The second kappa shape index (κ2) is 7.76. The molecule has 0 atom stereocenters. The number of rotatable bonds is 7. The first-order valence-corrected chi connectivity index (χ1v) is 9.64. The topological polar surface area (TPSA) is 93.8 Å². The smallest absolute Gasteiger partial charge is 0.352 e. The summed E-state index contributed by atoms with van der Waals surface area (Å²) in [5, 5.41) is 7.71. The summed E-state index contributed by atoms with van der Waals surface area (Å²) in [6.07, 6.45) is 0.716. The highest BCUT2D eigenvalue weighted by atomic mass is 35.5. The number of nitrogens with one attached hydrogen (secondary N) is 1. The zero-order valence-electron chi connectivity index (χ0n) is 15.5. The van der Waals surface area contributed by atoms with Crippen LogP contribution in [-0.2, 0) is 16.1 Å². The van der Waals surface area contributed by atoms with E-state index in [4.69, 9.17) is 16.3 Å². The van der Waals surface area contributed by atoms with Crippen molar-refractivity contribution in [1.29, 1.82) is 0 Å². The van der Waals surface area contributed by atoms with Gasteiger partial charge in [0.2, 0.25) is 11.9 Å². The zero-order chi connectivity index (χ0) is 19.7. The minimum absolute atomic E-state index is 0.149. The highest BCUT2D eigenvalue weighted by molar-refractivity contribution is 6.31. The maximum atomic E-state index is 13.0. The fourth-order valence-electron chi connectivity index (χ4n) is 3.37. The summed E-state index contributed by atoms with van der Waals surface area (Å²) in [5.41, 5.74) is 1.08. The zero-order valence-corrected chi connectivity index (χ0v) is 16.3. The van der Waals surface area contributed by atoms with Crippen molar-refractivity contribution in [2.24, 2.45) is 4.99 Å². The fraction of sp³-hybridized carbons (Fsp3) is 0.444. The number of hydrogen-bond donors (Lipinski definition) is 1. The standard InChI is InChI=1S/C18H21ClN6O3/c1-2-28-9-3-6-20-15(26)11-24-18(27)25-14-10-12(19)4-5-13(14)16-21-7-8-23(16)17(25)22-24/h4-5,10H,2-3,6-9,11H2,1H3,(H,20,26). The van der Waals surface area contributed by atoms with Gasteiger partial charge in [-0.15, -0.1) is 5.10 Å². The van der Waals surface area contributed by atoms with E-state index < -0.39 is 0 Å². The van der Waals surface area contributed by atoms with Crippen molar-refractivity contribution >= 4 is 29.3 Å². The normalized spacial score (nSPS) is 14.4. The van der Waals surface area contributed by atoms with Gasteiger partial charge in [-0.05, 0) is 31.5 Å². The van der Waals surface area contributed by atoms with E-state index in [-0.39, 0.29) is 18.1 Å². The van der Waals surface area contributed by atoms with Gasteiger partial charge in [-0.3, -0.25) is 14.7 Å². The molecule has 1 aromatic heterocycles. The highest BCUT2D eigenvalue weighted by Gasteiger charge is 2.34. The second-order valence-corrected chi connectivity index (χ2v) is 6.93. The Labute approximate surface area is 166 Å². The van der Waals surface area contributed by atoms with Crippen LogP contribution in [0.25, 0.3) is 5.69 Å². The molecule has 0 unspecified atom stereocenters. The summed E-state index contributed by atoms with van der Waals surface area (Å²) in [5.74, 6) is 0.965. The molecule has 0 saturated carbocycles. The lowest BCUT2D eigenvalue weighted by molar-refractivity contribution is -0.121. The predicted molar refractivity (Wildman–Crippen MR) is 106 cm³/mol. The summed E-state index contributed by atoms with van der Waals surface area (Å²) in [7, 11) is 0. The molecule has 0 saturated heterocycles. The molecule has 0 radical (unpaired) electrons. The molecule has 148 valence electrons. The number of amidine groups is 1. The number of fused-ring (bicyclic) bond motifs is 6. The lowest BCUT2D eigenvalue weighted by Gasteiger charge is -2.26. The Morgan fingerprint density at radius 2 is 2.25 bits per heavy atom. The first-order valence-electron chi connectivity index (χ1n) is 9.26. The number of benzene rings is 1. The van der Waals surface area contributed by atoms with Crippen LogP contribution in [-0.4, -0.2) is 58.9 Å². The first kappa shape index (κ1) is 18.7. The van der Waals surface area contributed by atoms with Crippen molar-refractivity contribution in [3.8, 4) is 5.69 Å². The van der Waals surface area contributed by atoms with Gasteiger partial charge in [-0.25, -0.2) is 14.0 Å². The monoisotopic (exact) mass is 404 g/mol. The molecule has 2 aliphatic heterocycles. The number of amides is 1. The predicted octanol–water partition coefficient (Wildman–Crippen LogP) is 0.810. The van der Waals surface area contributed by atoms with Gasteiger partial charge in [0.05, 0.1) is 12.2 Å². The number of carbonyl (C=O) groups is 1. The van der Waals surface area contributed by atoms with Crippen LogP contribution in [0.15, 0.2) is 28.0 Å². The van der Waals surface area contributed by atoms with Gasteiger partial charge in [-0.2, -0.15) is 0 Å². The average Bonchev–Trinajstić information content (AvgIpc) is 3.27. The molecule has 4 rings (SSSR count). The van der Waals surface area contributed by atoms with Gasteiger partial charge < -0.3 is 10.1 Å². The molecule has 1 aromatic carbocycles. The number of ether oxygens (including phenoxy) is 1. The molecular formula is C18H21ClN6O3. The number of nitrogens with zero attached hydrogens (tertiary/aromatic N) is 5. The molecule has 2 aromatic rings. The van der Waals surface area contributed by atoms with E-state index in [1.54, 1.807) is 12.1 Å². The summed E-state index contributed by atoms with van der Waals surface area (Å²) in [4.78, 5) is 31.6. The molecule has 1 amide bonds. The van der Waals surface area contributed by atoms with Gasteiger partial charge in [0, 0.05) is 36.9 Å². The quantitative estimate of drug-likeness (QED) is 0.689. The Morgan fingerprint density at radius 3 is 3.07 bits per heavy atom. The second-order valence-electron chi connectivity index (χ2n) is 6.49. The Kier molecular flexibility index (Phi) is 5.19. The fourth-order valence-corrected chi connectivity index (χ4v) is 3.54. The van der Waals surface area contributed by atoms with E-state index in [9.17, 15) is 9.59 Å². The van der Waals surface area contributed by atoms with E-state index in [2.05, 4.69) is 15.4 Å². The van der Waals surface area contributed by atoms with E-state index in [1.165, 1.54) is 9.25 Å². The SMILES string of the molecule is CCOCCCNC(=O)Cn1nc2n(c1=O)-c1cc(Cl)ccc1C1=NCCN12. The number of aromatic nitrogens is 3. The van der Waals surface area contributed by atoms with Gasteiger partial charge in [-0.1, -0.05) is 11.6 Å². The van der Waals surface area contributed by atoms with Crippen LogP contribution in [0.1, 0.15) is 18.9 Å². The number of hydrogen-bond acceptors (Lipinski definition) is 6. The Bertz CT molecular complexity index is 996. The van der Waals surface area contributed by atoms with E-state index >= 15 is 0 Å². The molecular weight excluding hydrogens is 384 g/mol. The van der Waals surface area contributed by atoms with E-state index in [0.717, 1.165) is 11.4 Å². The van der Waals surface area contributed by atoms with Crippen LogP contribution >= 0.6 is 11.6 Å². The van der Waals surface area contributed by atoms with Crippen LogP contribution < -0.4 is 15.9 Å². The van der Waals surface area contributed by atoms with Crippen LogP contribution in [0.4, 0.5) is 5.95 Å². The van der Waals surface area contributed by atoms with Crippen molar-refractivity contribution < 1.29 is 9.53 Å². The van der Waals surface area contributed by atoms with Crippen LogP contribution in [0.3, 0.4) is 0 Å². The third kappa shape index (κ3) is 3.31. The summed E-state index contributed by atoms with van der Waals surface area (Å²) < 4.78 is 7.91. The largest absolute Gasteiger partial charge is 0.382 e. The van der Waals surface area contributed by atoms with Gasteiger partial charge in [0.25, 0.3) is 0 Å². The number of anilines is 1. The molecule has 0 spiro atoms. The minimum Gasteiger partial charge on any atom is -0.382 e. The lowest BCUT2D eigenvalue weighted by atomic mass is 10.1. The number of halogens is 1. The van der Waals surface area contributed by atoms with Crippen molar-refractivity contribution in [2.75, 3.05) is 37.7 Å². The third-order valence-electron chi connectivity index (χ3n) is 4.63. The van der Waals surface area contributed by atoms with E-state index in [0.29, 0.717) is 55.9 Å². The first-order chi connectivity index (χ1) is 13.6. The Balaban J connectivity index is 1.59. The Morgan fingerprint density at radius 1 is 1.39 bits per heavy atom. The van der Waals surface area contributed by atoms with Crippen molar-refractivity contribution in [1.82, 2.24) is 19.7 Å². The molecule has 2 aliphatic rings. The molecule has 28 heavy (non-hydrogen) atoms. The molecule has 0 fully saturated rings. The van der Waals surface area contributed by atoms with Gasteiger partial charge in [0.15, 0.2) is 0 Å². The highest BCUT2D eigenvalue weighted by Crippen LogP contribution is 2.31. The minimum atomic E-state index is -0.381. The van der Waals surface area contributed by atoms with Crippen molar-refractivity contribution in [2.45, 2.75) is 19.9 Å². The van der Waals surface area contributed by atoms with Gasteiger partial charge in [0.1, 0.15) is 12.4 Å². The number of carbonyl (C=O) groups excluding carboxylic acids is 1. The summed E-state index contributed by atoms with van der Waals surface area (Å²) in [6.45, 7) is 4.76. The molecule has 1 N–H and O–H groups in total. The Hall–Kier alpha value is -2.65. The average molecular weight is 405 g/mol. The third-order valence-corrected chi connectivity index (χ3v) is 4.87. The van der Waals surface area contributed by atoms with E-state index in [1.807, 2.05) is 17.9 Å². The maximum Gasteiger partial charge on any atom is 0.352 e. The maximum absolute atomic E-state index is 13.0. The van der Waals surface area contributed by atoms with Crippen LogP contribution in [0, 0.1) is 0 Å². The number of aliphatic imine (C=N–C) groups is 1. The van der Waals surface area contributed by atoms with Gasteiger partial charge >= 0.3 is 5.69 Å². The molecule has 9 nitrogen and oxygen atoms in total. The lowest BCUT2D eigenvalue weighted by Crippen LogP contribution is -2.38. The molecule has 10 heteroatoms. The van der Waals surface area contributed by atoms with Crippen molar-refractivity contribution in [3.63, 3.8) is 0 Å². The molecule has 0 bridgehead atoms. The summed E-state index contributed by atoms with van der Waals surface area (Å²) >= 11 is 6.15. The van der Waals surface area contributed by atoms with Crippen molar-refractivity contribution in [3.05, 3.63) is 39.3 Å². The van der Waals surface area contributed by atoms with Crippen LogP contribution in [0.5, 0.6) is 0 Å². The molecule has 0 aliphatic carbocycles. The van der Waals surface area contributed by atoms with Crippen LogP contribution in [0.2, 0.25) is 5.02 Å². The summed E-state index contributed by atoms with van der Waals surface area (Å²) in [6, 6.07) is 5.35.